The molecule has 2 aliphatic rings. The van der Waals surface area contributed by atoms with E-state index in [4.69, 9.17) is 4.74 Å². The number of ether oxygens (including phenoxy) is 1. The summed E-state index contributed by atoms with van der Waals surface area (Å²) in [5.74, 6) is 0.560. The van der Waals surface area contributed by atoms with Crippen molar-refractivity contribution >= 4 is 28.8 Å². The number of nitrogens with zero attached hydrogens (tertiary/aromatic N) is 2. The van der Waals surface area contributed by atoms with Gasteiger partial charge in [-0.25, -0.2) is 9.79 Å². The van der Waals surface area contributed by atoms with Crippen LogP contribution in [-0.2, 0) is 14.3 Å². The Balaban J connectivity index is 2.05. The van der Waals surface area contributed by atoms with Crippen LogP contribution < -0.4 is 0 Å². The summed E-state index contributed by atoms with van der Waals surface area (Å²) in [5, 5.41) is 0.669. The zero-order valence-electron chi connectivity index (χ0n) is 14.7. The number of aliphatic imine (C=N–C) groups is 1. The monoisotopic (exact) mass is 358 g/mol. The van der Waals surface area contributed by atoms with Crippen LogP contribution in [0.15, 0.2) is 46.6 Å². The highest BCUT2D eigenvalue weighted by Crippen LogP contribution is 2.40. The minimum Gasteiger partial charge on any atom is -0.462 e. The second kappa shape index (κ2) is 7.44. The maximum atomic E-state index is 12.8. The van der Waals surface area contributed by atoms with Gasteiger partial charge in [0.15, 0.2) is 5.17 Å². The Morgan fingerprint density at radius 2 is 2.08 bits per heavy atom. The summed E-state index contributed by atoms with van der Waals surface area (Å²) in [6.07, 6.45) is 0.445. The average Bonchev–Trinajstić information content (AvgIpc) is 2.59. The van der Waals surface area contributed by atoms with Gasteiger partial charge in [-0.2, -0.15) is 0 Å². The largest absolute Gasteiger partial charge is 0.462 e. The topological polar surface area (TPSA) is 59.0 Å². The number of hydrogen-bond donors (Lipinski definition) is 0. The molecule has 25 heavy (non-hydrogen) atoms. The number of carbonyl (C=O) groups excluding carboxylic acids is 2. The van der Waals surface area contributed by atoms with Crippen LogP contribution in [0.3, 0.4) is 0 Å². The fourth-order valence-corrected chi connectivity index (χ4v) is 3.94. The van der Waals surface area contributed by atoms with E-state index in [1.54, 1.807) is 16.7 Å². The molecule has 5 nitrogen and oxygen atoms in total. The first-order valence-electron chi connectivity index (χ1n) is 8.45. The molecule has 0 saturated carbocycles. The molecule has 2 heterocycles. The van der Waals surface area contributed by atoms with Crippen LogP contribution >= 0.6 is 11.8 Å². The number of allylic oxidation sites excluding steroid dienone is 1. The predicted octanol–water partition coefficient (Wildman–Crippen LogP) is 3.54. The van der Waals surface area contributed by atoms with Gasteiger partial charge in [0.25, 0.3) is 0 Å². The van der Waals surface area contributed by atoms with Crippen molar-refractivity contribution in [2.24, 2.45) is 10.9 Å². The Labute approximate surface area is 152 Å². The van der Waals surface area contributed by atoms with Gasteiger partial charge in [0.05, 0.1) is 23.9 Å². The first-order valence-corrected chi connectivity index (χ1v) is 9.44. The number of thioether (sulfide) groups is 1. The van der Waals surface area contributed by atoms with Gasteiger partial charge in [-0.1, -0.05) is 55.9 Å². The summed E-state index contributed by atoms with van der Waals surface area (Å²) in [6, 6.07) is 9.13. The van der Waals surface area contributed by atoms with E-state index in [1.807, 2.05) is 51.1 Å². The van der Waals surface area contributed by atoms with E-state index >= 15 is 0 Å². The van der Waals surface area contributed by atoms with Crippen LogP contribution in [0.4, 0.5) is 0 Å². The number of rotatable bonds is 4. The van der Waals surface area contributed by atoms with Crippen molar-refractivity contribution < 1.29 is 14.3 Å². The molecule has 6 heteroatoms. The summed E-state index contributed by atoms with van der Waals surface area (Å²) < 4.78 is 5.47. The summed E-state index contributed by atoms with van der Waals surface area (Å²) >= 11 is 1.55. The first-order chi connectivity index (χ1) is 12.0. The standard InChI is InChI=1S/C19H22N2O3S/c1-12(2)11-24-18(23)16-13(3)20-19-21(15(22)9-10-25-19)17(16)14-7-5-4-6-8-14/h4-8,12,17H,9-11H2,1-3H3. The van der Waals surface area contributed by atoms with Gasteiger partial charge < -0.3 is 4.74 Å². The van der Waals surface area contributed by atoms with Crippen molar-refractivity contribution in [3.8, 4) is 0 Å². The fourth-order valence-electron chi connectivity index (χ4n) is 2.93. The van der Waals surface area contributed by atoms with Crippen LogP contribution in [0.5, 0.6) is 0 Å². The molecule has 3 rings (SSSR count). The first kappa shape index (κ1) is 17.7. The Hall–Kier alpha value is -2.08. The Morgan fingerprint density at radius 1 is 1.36 bits per heavy atom. The third-order valence-electron chi connectivity index (χ3n) is 4.09. The molecule has 1 fully saturated rings. The molecule has 1 saturated heterocycles. The lowest BCUT2D eigenvalue weighted by Crippen LogP contribution is -2.45. The molecule has 0 spiro atoms. The average molecular weight is 358 g/mol. The second-order valence-corrected chi connectivity index (χ2v) is 7.62. The van der Waals surface area contributed by atoms with Crippen molar-refractivity contribution in [2.45, 2.75) is 33.2 Å². The number of carbonyl (C=O) groups is 2. The molecule has 132 valence electrons. The molecule has 1 aromatic carbocycles. The van der Waals surface area contributed by atoms with E-state index in [0.717, 1.165) is 11.3 Å². The van der Waals surface area contributed by atoms with E-state index in [9.17, 15) is 9.59 Å². The molecule has 0 radical (unpaired) electrons. The second-order valence-electron chi connectivity index (χ2n) is 6.56. The number of fused-ring (bicyclic) bond motifs is 1. The van der Waals surface area contributed by atoms with E-state index in [-0.39, 0.29) is 11.8 Å². The molecule has 0 aromatic heterocycles. The van der Waals surface area contributed by atoms with Crippen molar-refractivity contribution in [3.63, 3.8) is 0 Å². The van der Waals surface area contributed by atoms with Crippen molar-refractivity contribution in [2.75, 3.05) is 12.4 Å². The van der Waals surface area contributed by atoms with Gasteiger partial charge in [0.2, 0.25) is 5.91 Å². The number of amidine groups is 1. The van der Waals surface area contributed by atoms with Crippen LogP contribution in [-0.4, -0.2) is 34.3 Å². The summed E-state index contributed by atoms with van der Waals surface area (Å²) in [4.78, 5) is 31.6. The Morgan fingerprint density at radius 3 is 2.76 bits per heavy atom. The van der Waals surface area contributed by atoms with Gasteiger partial charge in [0, 0.05) is 12.2 Å². The molecule has 2 aliphatic heterocycles. The van der Waals surface area contributed by atoms with Gasteiger partial charge in [0.1, 0.15) is 0 Å². The van der Waals surface area contributed by atoms with Crippen molar-refractivity contribution in [3.05, 3.63) is 47.2 Å². The van der Waals surface area contributed by atoms with Gasteiger partial charge in [-0.05, 0) is 18.4 Å². The van der Waals surface area contributed by atoms with Crippen LogP contribution in [0.25, 0.3) is 0 Å². The maximum absolute atomic E-state index is 12.8. The molecule has 0 aliphatic carbocycles. The third-order valence-corrected chi connectivity index (χ3v) is 5.04. The van der Waals surface area contributed by atoms with Gasteiger partial charge in [-0.3, -0.25) is 9.69 Å². The number of benzene rings is 1. The molecular weight excluding hydrogens is 336 g/mol. The van der Waals surface area contributed by atoms with Gasteiger partial charge in [-0.15, -0.1) is 0 Å². The number of amides is 1. The van der Waals surface area contributed by atoms with E-state index in [0.29, 0.717) is 29.5 Å². The molecule has 0 bridgehead atoms. The van der Waals surface area contributed by atoms with Crippen LogP contribution in [0, 0.1) is 5.92 Å². The fraction of sp³-hybridized carbons (Fsp3) is 0.421. The lowest BCUT2D eigenvalue weighted by molar-refractivity contribution is -0.141. The van der Waals surface area contributed by atoms with E-state index < -0.39 is 12.0 Å². The molecular formula is C19H22N2O3S. The van der Waals surface area contributed by atoms with Crippen molar-refractivity contribution in [1.29, 1.82) is 0 Å². The summed E-state index contributed by atoms with van der Waals surface area (Å²) in [6.45, 7) is 6.14. The highest BCUT2D eigenvalue weighted by atomic mass is 32.2. The van der Waals surface area contributed by atoms with Gasteiger partial charge >= 0.3 is 5.97 Å². The zero-order valence-corrected chi connectivity index (χ0v) is 15.5. The van der Waals surface area contributed by atoms with Crippen LogP contribution in [0.1, 0.15) is 38.8 Å². The molecule has 0 N–H and O–H groups in total. The Bertz CT molecular complexity index is 740. The molecule has 1 aromatic rings. The summed E-state index contributed by atoms with van der Waals surface area (Å²) in [7, 11) is 0. The predicted molar refractivity (Wildman–Crippen MR) is 99.0 cm³/mol. The zero-order chi connectivity index (χ0) is 18.0. The number of esters is 1. The van der Waals surface area contributed by atoms with Crippen LogP contribution in [0.2, 0.25) is 0 Å². The van der Waals surface area contributed by atoms with E-state index in [1.165, 1.54) is 0 Å². The quantitative estimate of drug-likeness (QED) is 0.773. The molecule has 1 unspecified atom stereocenters. The van der Waals surface area contributed by atoms with E-state index in [2.05, 4.69) is 4.99 Å². The highest BCUT2D eigenvalue weighted by Gasteiger charge is 2.41. The van der Waals surface area contributed by atoms with Crippen molar-refractivity contribution in [1.82, 2.24) is 4.90 Å². The summed E-state index contributed by atoms with van der Waals surface area (Å²) in [5.41, 5.74) is 1.96. The Kier molecular flexibility index (Phi) is 5.27. The maximum Gasteiger partial charge on any atom is 0.338 e. The molecule has 1 atom stereocenters. The smallest absolute Gasteiger partial charge is 0.338 e. The lowest BCUT2D eigenvalue weighted by atomic mass is 9.94. The minimum absolute atomic E-state index is 0.00647. The third kappa shape index (κ3) is 3.63. The highest BCUT2D eigenvalue weighted by molar-refractivity contribution is 8.14. The number of hydrogen-bond acceptors (Lipinski definition) is 5. The SMILES string of the molecule is CC1=C(C(=O)OCC(C)C)C(c2ccccc2)N2C(=O)CCSC2=N1. The normalized spacial score (nSPS) is 20.5. The lowest BCUT2D eigenvalue weighted by Gasteiger charge is -2.38. The molecule has 1 amide bonds. The minimum atomic E-state index is -0.478.